The molecule has 28 heavy (non-hydrogen) atoms. The lowest BCUT2D eigenvalue weighted by Crippen LogP contribution is -2.36. The van der Waals surface area contributed by atoms with Gasteiger partial charge in [0.05, 0.1) is 31.4 Å². The van der Waals surface area contributed by atoms with Gasteiger partial charge >= 0.3 is 12.1 Å². The highest BCUT2D eigenvalue weighted by Gasteiger charge is 2.31. The lowest BCUT2D eigenvalue weighted by molar-refractivity contribution is 0.0600. The molecule has 0 aliphatic carbocycles. The topological polar surface area (TPSA) is 98.1 Å². The van der Waals surface area contributed by atoms with E-state index in [9.17, 15) is 14.4 Å². The van der Waals surface area contributed by atoms with E-state index in [1.165, 1.54) is 18.4 Å². The molecular weight excluding hydrogens is 384 g/mol. The summed E-state index contributed by atoms with van der Waals surface area (Å²) in [4.78, 5) is 39.5. The highest BCUT2D eigenvalue weighted by Crippen LogP contribution is 2.38. The Bertz CT molecular complexity index is 929. The van der Waals surface area contributed by atoms with Gasteiger partial charge in [0.2, 0.25) is 0 Å². The zero-order chi connectivity index (χ0) is 20.4. The zero-order valence-electron chi connectivity index (χ0n) is 16.2. The van der Waals surface area contributed by atoms with Crippen molar-refractivity contribution in [3.8, 4) is 0 Å². The molecule has 3 rings (SSSR count). The Morgan fingerprint density at radius 3 is 2.68 bits per heavy atom. The van der Waals surface area contributed by atoms with E-state index < -0.39 is 12.1 Å². The average Bonchev–Trinajstić information content (AvgIpc) is 3.19. The summed E-state index contributed by atoms with van der Waals surface area (Å²) in [7, 11) is 1.30. The van der Waals surface area contributed by atoms with Crippen molar-refractivity contribution in [3.63, 3.8) is 0 Å². The number of hydrogen-bond donors (Lipinski definition) is 1. The predicted octanol–water partition coefficient (Wildman–Crippen LogP) is 3.51. The number of nitrogens with zero attached hydrogens (tertiary/aromatic N) is 1. The van der Waals surface area contributed by atoms with Crippen molar-refractivity contribution in [3.05, 3.63) is 39.2 Å². The molecule has 0 saturated carbocycles. The molecule has 2 aromatic rings. The first-order valence-electron chi connectivity index (χ1n) is 8.88. The van der Waals surface area contributed by atoms with E-state index in [1.54, 1.807) is 31.7 Å². The third kappa shape index (κ3) is 3.75. The lowest BCUT2D eigenvalue weighted by Gasteiger charge is -2.26. The number of carbonyl (C=O) groups excluding carboxylic acids is 3. The maximum absolute atomic E-state index is 12.7. The minimum absolute atomic E-state index is 0.296. The Kier molecular flexibility index (Phi) is 5.73. The van der Waals surface area contributed by atoms with Crippen LogP contribution >= 0.6 is 11.3 Å². The molecule has 1 aliphatic rings. The number of methoxy groups -OCH3 is 1. The second kappa shape index (κ2) is 8.05. The molecule has 1 N–H and O–H groups in total. The number of thiophene rings is 1. The molecule has 2 aromatic heterocycles. The lowest BCUT2D eigenvalue weighted by atomic mass is 10.0. The number of anilines is 1. The smallest absolute Gasteiger partial charge is 0.410 e. The first-order valence-corrected chi connectivity index (χ1v) is 9.70. The van der Waals surface area contributed by atoms with Crippen molar-refractivity contribution < 1.29 is 28.3 Å². The molecule has 0 saturated heterocycles. The number of aryl methyl sites for hydroxylation is 2. The van der Waals surface area contributed by atoms with Gasteiger partial charge in [0.15, 0.2) is 0 Å². The van der Waals surface area contributed by atoms with Crippen molar-refractivity contribution in [2.75, 3.05) is 25.6 Å². The summed E-state index contributed by atoms with van der Waals surface area (Å²) >= 11 is 1.27. The Morgan fingerprint density at radius 2 is 2.07 bits per heavy atom. The molecule has 150 valence electrons. The SMILES string of the molecule is CCOC(=O)N1CCc2c(sc(NC(=O)c3cc(C)oc3C)c2C(=O)OC)C1. The monoisotopic (exact) mass is 406 g/mol. The Hall–Kier alpha value is -2.81. The van der Waals surface area contributed by atoms with Gasteiger partial charge in [-0.05, 0) is 38.8 Å². The van der Waals surface area contributed by atoms with Crippen LogP contribution in [-0.2, 0) is 22.4 Å². The van der Waals surface area contributed by atoms with Crippen LogP contribution in [0.5, 0.6) is 0 Å². The van der Waals surface area contributed by atoms with Crippen LogP contribution in [0, 0.1) is 13.8 Å². The average molecular weight is 406 g/mol. The van der Waals surface area contributed by atoms with E-state index in [4.69, 9.17) is 13.9 Å². The van der Waals surface area contributed by atoms with Crippen LogP contribution in [-0.4, -0.2) is 43.1 Å². The molecule has 2 amide bonds. The van der Waals surface area contributed by atoms with E-state index in [2.05, 4.69) is 5.32 Å². The first-order chi connectivity index (χ1) is 13.3. The van der Waals surface area contributed by atoms with Crippen LogP contribution in [0.25, 0.3) is 0 Å². The van der Waals surface area contributed by atoms with Gasteiger partial charge in [-0.3, -0.25) is 4.79 Å². The molecule has 8 nitrogen and oxygen atoms in total. The van der Waals surface area contributed by atoms with Crippen molar-refractivity contribution in [2.24, 2.45) is 0 Å². The number of rotatable bonds is 4. The summed E-state index contributed by atoms with van der Waals surface area (Å²) in [5.41, 5.74) is 1.55. The van der Waals surface area contributed by atoms with Gasteiger partial charge in [0.1, 0.15) is 16.5 Å². The maximum atomic E-state index is 12.7. The highest BCUT2D eigenvalue weighted by atomic mass is 32.1. The fourth-order valence-electron chi connectivity index (χ4n) is 3.21. The third-order valence-corrected chi connectivity index (χ3v) is 5.62. The van der Waals surface area contributed by atoms with Gasteiger partial charge in [-0.25, -0.2) is 9.59 Å². The first kappa shape index (κ1) is 19.9. The van der Waals surface area contributed by atoms with Gasteiger partial charge < -0.3 is 24.1 Å². The number of amides is 2. The van der Waals surface area contributed by atoms with Gasteiger partial charge in [0, 0.05) is 11.4 Å². The number of esters is 1. The maximum Gasteiger partial charge on any atom is 0.410 e. The van der Waals surface area contributed by atoms with Crippen molar-refractivity contribution in [1.29, 1.82) is 0 Å². The van der Waals surface area contributed by atoms with Crippen molar-refractivity contribution >= 4 is 34.3 Å². The van der Waals surface area contributed by atoms with Gasteiger partial charge in [-0.15, -0.1) is 11.3 Å². The quantitative estimate of drug-likeness (QED) is 0.780. The Labute approximate surface area is 166 Å². The molecule has 1 aliphatic heterocycles. The van der Waals surface area contributed by atoms with Crippen LogP contribution in [0.4, 0.5) is 9.80 Å². The minimum atomic E-state index is -0.516. The molecule has 3 heterocycles. The van der Waals surface area contributed by atoms with Crippen LogP contribution < -0.4 is 5.32 Å². The van der Waals surface area contributed by atoms with E-state index in [0.717, 1.165) is 10.4 Å². The number of carbonyl (C=O) groups is 3. The Balaban J connectivity index is 1.91. The molecule has 0 unspecified atom stereocenters. The second-order valence-electron chi connectivity index (χ2n) is 6.35. The Morgan fingerprint density at radius 1 is 1.32 bits per heavy atom. The largest absolute Gasteiger partial charge is 0.466 e. The van der Waals surface area contributed by atoms with Crippen molar-refractivity contribution in [2.45, 2.75) is 33.7 Å². The van der Waals surface area contributed by atoms with Gasteiger partial charge in [-0.1, -0.05) is 0 Å². The van der Waals surface area contributed by atoms with Crippen LogP contribution in [0.3, 0.4) is 0 Å². The van der Waals surface area contributed by atoms with E-state index in [-0.39, 0.29) is 5.91 Å². The molecule has 9 heteroatoms. The minimum Gasteiger partial charge on any atom is -0.466 e. The van der Waals surface area contributed by atoms with E-state index in [1.807, 2.05) is 0 Å². The summed E-state index contributed by atoms with van der Waals surface area (Å²) in [5, 5.41) is 3.21. The zero-order valence-corrected chi connectivity index (χ0v) is 17.0. The molecular formula is C19H22N2O6S. The number of nitrogens with one attached hydrogen (secondary N) is 1. The summed E-state index contributed by atoms with van der Waals surface area (Å²) in [6.45, 7) is 6.27. The molecule has 0 aromatic carbocycles. The number of hydrogen-bond acceptors (Lipinski definition) is 7. The van der Waals surface area contributed by atoms with E-state index >= 15 is 0 Å². The fraction of sp³-hybridized carbons (Fsp3) is 0.421. The number of ether oxygens (including phenoxy) is 2. The summed E-state index contributed by atoms with van der Waals surface area (Å²) in [6, 6.07) is 1.65. The molecule has 0 fully saturated rings. The van der Waals surface area contributed by atoms with Crippen LogP contribution in [0.15, 0.2) is 10.5 Å². The highest BCUT2D eigenvalue weighted by molar-refractivity contribution is 7.17. The van der Waals surface area contributed by atoms with Crippen LogP contribution in [0.2, 0.25) is 0 Å². The molecule has 0 bridgehead atoms. The van der Waals surface area contributed by atoms with Gasteiger partial charge in [-0.2, -0.15) is 0 Å². The molecule has 0 spiro atoms. The van der Waals surface area contributed by atoms with Crippen molar-refractivity contribution in [1.82, 2.24) is 4.90 Å². The molecule has 0 radical (unpaired) electrons. The summed E-state index contributed by atoms with van der Waals surface area (Å²) in [6.07, 6.45) is 0.0886. The second-order valence-corrected chi connectivity index (χ2v) is 7.46. The standard InChI is InChI=1S/C19H22N2O6S/c1-5-26-19(24)21-7-6-12-14(9-21)28-17(15(12)18(23)25-4)20-16(22)13-8-10(2)27-11(13)3/h8H,5-7,9H2,1-4H3,(H,20,22). The van der Waals surface area contributed by atoms with Crippen LogP contribution in [0.1, 0.15) is 49.6 Å². The molecule has 0 atom stereocenters. The van der Waals surface area contributed by atoms with E-state index in [0.29, 0.717) is 53.8 Å². The summed E-state index contributed by atoms with van der Waals surface area (Å²) in [5.74, 6) is 0.258. The fourth-order valence-corrected chi connectivity index (χ4v) is 4.45. The summed E-state index contributed by atoms with van der Waals surface area (Å²) < 4.78 is 15.4. The number of furan rings is 1. The normalized spacial score (nSPS) is 13.1. The van der Waals surface area contributed by atoms with Gasteiger partial charge in [0.25, 0.3) is 5.91 Å². The number of fused-ring (bicyclic) bond motifs is 1. The third-order valence-electron chi connectivity index (χ3n) is 4.49. The predicted molar refractivity (Wildman–Crippen MR) is 103 cm³/mol.